The standard InChI is InChI=1S/C27H24N2/c1-18-4-8-22(9-5-18)25(28)16-14-21-12-13-24-15-17-26(29-27(24)20(21)3)23-10-6-19(2)7-11-23/h4-17H,3,28H2,1-2H3/b21-14-,25-16-. The fourth-order valence-corrected chi connectivity index (χ4v) is 3.33. The molecule has 0 saturated carbocycles. The average molecular weight is 377 g/mol. The molecule has 0 atom stereocenters. The van der Waals surface area contributed by atoms with Gasteiger partial charge in [0.05, 0.1) is 11.2 Å². The van der Waals surface area contributed by atoms with E-state index in [0.717, 1.165) is 43.9 Å². The first-order valence-electron chi connectivity index (χ1n) is 9.71. The zero-order valence-corrected chi connectivity index (χ0v) is 16.8. The maximum Gasteiger partial charge on any atom is 0.0781 e. The molecule has 142 valence electrons. The van der Waals surface area contributed by atoms with Gasteiger partial charge in [-0.05, 0) is 36.8 Å². The summed E-state index contributed by atoms with van der Waals surface area (Å²) >= 11 is 0. The Hall–Kier alpha value is -3.65. The lowest BCUT2D eigenvalue weighted by molar-refractivity contribution is 1.36. The number of aryl methyl sites for hydroxylation is 2. The number of allylic oxidation sites excluding steroid dienone is 1. The molecule has 0 spiro atoms. The second-order valence-corrected chi connectivity index (χ2v) is 7.42. The van der Waals surface area contributed by atoms with E-state index in [0.29, 0.717) is 0 Å². The van der Waals surface area contributed by atoms with Crippen LogP contribution in [0.4, 0.5) is 0 Å². The van der Waals surface area contributed by atoms with E-state index in [2.05, 4.69) is 81.1 Å². The van der Waals surface area contributed by atoms with Crippen LogP contribution >= 0.6 is 0 Å². The number of aromatic nitrogens is 1. The number of pyridine rings is 1. The minimum atomic E-state index is 0.728. The summed E-state index contributed by atoms with van der Waals surface area (Å²) in [7, 11) is 0. The first-order valence-corrected chi connectivity index (χ1v) is 9.71. The fourth-order valence-electron chi connectivity index (χ4n) is 3.33. The Balaban J connectivity index is 1.77. The SMILES string of the molecule is C=c1/c(=C\C=C(/N)c2ccc(C)cc2)ccc2ccc(-c3ccc(C)cc3)nc12. The predicted molar refractivity (Wildman–Crippen MR) is 124 cm³/mol. The topological polar surface area (TPSA) is 38.9 Å². The molecule has 0 aliphatic carbocycles. The molecular formula is C27H24N2. The Labute approximate surface area is 171 Å². The molecule has 0 radical (unpaired) electrons. The first kappa shape index (κ1) is 18.7. The molecule has 4 aromatic rings. The zero-order valence-electron chi connectivity index (χ0n) is 16.8. The molecule has 0 fully saturated rings. The van der Waals surface area contributed by atoms with E-state index < -0.39 is 0 Å². The van der Waals surface area contributed by atoms with Crippen LogP contribution in [0.1, 0.15) is 16.7 Å². The third-order valence-corrected chi connectivity index (χ3v) is 5.18. The van der Waals surface area contributed by atoms with E-state index >= 15 is 0 Å². The molecule has 1 aromatic heterocycles. The summed E-state index contributed by atoms with van der Waals surface area (Å²) in [6, 6.07) is 24.9. The Bertz CT molecular complexity index is 1310. The van der Waals surface area contributed by atoms with E-state index in [1.54, 1.807) is 0 Å². The van der Waals surface area contributed by atoms with Gasteiger partial charge in [0.25, 0.3) is 0 Å². The first-order chi connectivity index (χ1) is 14.0. The van der Waals surface area contributed by atoms with E-state index in [1.165, 1.54) is 11.1 Å². The molecule has 29 heavy (non-hydrogen) atoms. The third kappa shape index (κ3) is 3.97. The summed E-state index contributed by atoms with van der Waals surface area (Å²) in [6.07, 6.45) is 3.95. The Morgan fingerprint density at radius 1 is 0.828 bits per heavy atom. The molecule has 0 amide bonds. The highest BCUT2D eigenvalue weighted by Crippen LogP contribution is 2.19. The fraction of sp³-hybridized carbons (Fsp3) is 0.0741. The molecule has 2 N–H and O–H groups in total. The highest BCUT2D eigenvalue weighted by molar-refractivity contribution is 5.82. The molecule has 1 heterocycles. The van der Waals surface area contributed by atoms with Crippen LogP contribution in [-0.4, -0.2) is 4.98 Å². The van der Waals surface area contributed by atoms with Crippen LogP contribution in [-0.2, 0) is 0 Å². The number of hydrogen-bond donors (Lipinski definition) is 1. The van der Waals surface area contributed by atoms with Crippen LogP contribution < -0.4 is 16.2 Å². The number of hydrogen-bond acceptors (Lipinski definition) is 2. The van der Waals surface area contributed by atoms with Gasteiger partial charge in [0.1, 0.15) is 0 Å². The highest BCUT2D eigenvalue weighted by Gasteiger charge is 2.03. The number of benzene rings is 3. The van der Waals surface area contributed by atoms with Crippen LogP contribution in [0.2, 0.25) is 0 Å². The molecule has 4 rings (SSSR count). The lowest BCUT2D eigenvalue weighted by Crippen LogP contribution is -2.24. The molecule has 0 saturated heterocycles. The number of nitrogens with zero attached hydrogens (tertiary/aromatic N) is 1. The molecule has 2 heteroatoms. The maximum atomic E-state index is 6.26. The quantitative estimate of drug-likeness (QED) is 0.562. The second kappa shape index (κ2) is 7.76. The minimum Gasteiger partial charge on any atom is -0.398 e. The molecule has 3 aromatic carbocycles. The molecule has 2 nitrogen and oxygen atoms in total. The normalized spacial score (nSPS) is 12.5. The van der Waals surface area contributed by atoms with Crippen LogP contribution in [0.5, 0.6) is 0 Å². The molecule has 0 aliphatic rings. The Morgan fingerprint density at radius 3 is 2.14 bits per heavy atom. The van der Waals surface area contributed by atoms with Gasteiger partial charge in [-0.2, -0.15) is 0 Å². The van der Waals surface area contributed by atoms with Crippen molar-refractivity contribution in [2.45, 2.75) is 13.8 Å². The van der Waals surface area contributed by atoms with Crippen molar-refractivity contribution in [2.75, 3.05) is 0 Å². The molecule has 0 bridgehead atoms. The highest BCUT2D eigenvalue weighted by atomic mass is 14.7. The summed E-state index contributed by atoms with van der Waals surface area (Å²) in [6.45, 7) is 8.45. The Kier molecular flexibility index (Phi) is 5.01. The molecular weight excluding hydrogens is 352 g/mol. The monoisotopic (exact) mass is 376 g/mol. The number of rotatable bonds is 3. The minimum absolute atomic E-state index is 0.728. The summed E-state index contributed by atoms with van der Waals surface area (Å²) in [5.41, 5.74) is 13.4. The molecule has 0 unspecified atom stereocenters. The molecule has 0 aliphatic heterocycles. The van der Waals surface area contributed by atoms with Crippen molar-refractivity contribution in [3.05, 3.63) is 106 Å². The smallest absolute Gasteiger partial charge is 0.0781 e. The van der Waals surface area contributed by atoms with Gasteiger partial charge >= 0.3 is 0 Å². The van der Waals surface area contributed by atoms with Gasteiger partial charge < -0.3 is 5.73 Å². The predicted octanol–water partition coefficient (Wildman–Crippen LogP) is 4.71. The van der Waals surface area contributed by atoms with Crippen molar-refractivity contribution in [2.24, 2.45) is 5.73 Å². The van der Waals surface area contributed by atoms with Crippen molar-refractivity contribution in [3.8, 4) is 11.3 Å². The van der Waals surface area contributed by atoms with E-state index in [1.807, 2.05) is 24.3 Å². The van der Waals surface area contributed by atoms with Crippen molar-refractivity contribution in [1.29, 1.82) is 0 Å². The third-order valence-electron chi connectivity index (χ3n) is 5.18. The van der Waals surface area contributed by atoms with Crippen LogP contribution in [0.15, 0.2) is 78.9 Å². The summed E-state index contributed by atoms with van der Waals surface area (Å²) in [5.74, 6) is 0. The number of nitrogens with two attached hydrogens (primary N) is 1. The van der Waals surface area contributed by atoms with Gasteiger partial charge in [-0.3, -0.25) is 0 Å². The van der Waals surface area contributed by atoms with E-state index in [4.69, 9.17) is 10.7 Å². The summed E-state index contributed by atoms with van der Waals surface area (Å²) in [4.78, 5) is 4.90. The lowest BCUT2D eigenvalue weighted by atomic mass is 10.1. The van der Waals surface area contributed by atoms with Gasteiger partial charge in [0, 0.05) is 21.9 Å². The van der Waals surface area contributed by atoms with Gasteiger partial charge in [0.15, 0.2) is 0 Å². The van der Waals surface area contributed by atoms with Gasteiger partial charge in [0.2, 0.25) is 0 Å². The van der Waals surface area contributed by atoms with Crippen molar-refractivity contribution < 1.29 is 0 Å². The van der Waals surface area contributed by atoms with Crippen LogP contribution in [0.25, 0.3) is 40.5 Å². The lowest BCUT2D eigenvalue weighted by Gasteiger charge is -2.05. The van der Waals surface area contributed by atoms with Crippen LogP contribution in [0.3, 0.4) is 0 Å². The largest absolute Gasteiger partial charge is 0.398 e. The Morgan fingerprint density at radius 2 is 1.45 bits per heavy atom. The number of fused-ring (bicyclic) bond motifs is 1. The summed E-state index contributed by atoms with van der Waals surface area (Å²) in [5, 5.41) is 3.00. The second-order valence-electron chi connectivity index (χ2n) is 7.42. The zero-order chi connectivity index (χ0) is 20.4. The van der Waals surface area contributed by atoms with Gasteiger partial charge in [-0.1, -0.05) is 90.5 Å². The summed E-state index contributed by atoms with van der Waals surface area (Å²) < 4.78 is 0. The van der Waals surface area contributed by atoms with Crippen molar-refractivity contribution in [1.82, 2.24) is 4.98 Å². The van der Waals surface area contributed by atoms with Gasteiger partial charge in [-0.15, -0.1) is 0 Å². The van der Waals surface area contributed by atoms with E-state index in [9.17, 15) is 0 Å². The average Bonchev–Trinajstić information content (AvgIpc) is 2.74. The van der Waals surface area contributed by atoms with Crippen molar-refractivity contribution >= 4 is 29.3 Å². The van der Waals surface area contributed by atoms with Gasteiger partial charge in [-0.25, -0.2) is 4.98 Å². The van der Waals surface area contributed by atoms with Crippen LogP contribution in [0, 0.1) is 13.8 Å². The van der Waals surface area contributed by atoms with E-state index in [-0.39, 0.29) is 0 Å². The maximum absolute atomic E-state index is 6.26. The van der Waals surface area contributed by atoms with Crippen molar-refractivity contribution in [3.63, 3.8) is 0 Å².